The number of carbonyl (C=O) groups is 1. The number of carbonyl (C=O) groups excluding carboxylic acids is 1. The molecule has 0 unspecified atom stereocenters. The Morgan fingerprint density at radius 1 is 0.722 bits per heavy atom. The average Bonchev–Trinajstić information content (AvgIpc) is 2.85. The standard InChI is InChI=1S/C25H32N2O9/c1-3-5-7-13-33-17-19-15-21(26(29)30)9-11-23(19)35-25(28)36-24-12-10-22(27(31)32)16-20(24)18-34-14-8-6-4-2/h9-12,15-16H,3-8,13-14,17-18H2,1-2H3. The molecule has 2 rings (SSSR count). The molecule has 0 atom stereocenters. The highest BCUT2D eigenvalue weighted by atomic mass is 16.7. The first kappa shape index (κ1) is 28.7. The Bertz CT molecular complexity index is 947. The zero-order chi connectivity index (χ0) is 26.3. The van der Waals surface area contributed by atoms with Crippen molar-refractivity contribution in [2.75, 3.05) is 13.2 Å². The van der Waals surface area contributed by atoms with Crippen molar-refractivity contribution in [1.29, 1.82) is 0 Å². The SMILES string of the molecule is CCCCCOCc1cc([N+](=O)[O-])ccc1OC(=O)Oc1ccc([N+](=O)[O-])cc1COCCCCC. The highest BCUT2D eigenvalue weighted by Gasteiger charge is 2.19. The van der Waals surface area contributed by atoms with Gasteiger partial charge in [-0.3, -0.25) is 20.2 Å². The van der Waals surface area contributed by atoms with E-state index in [1.807, 2.05) is 0 Å². The second-order valence-corrected chi connectivity index (χ2v) is 8.07. The molecule has 2 aromatic rings. The van der Waals surface area contributed by atoms with Crippen LogP contribution in [0.15, 0.2) is 36.4 Å². The fraction of sp³-hybridized carbons (Fsp3) is 0.480. The van der Waals surface area contributed by atoms with E-state index in [0.29, 0.717) is 24.3 Å². The Kier molecular flexibility index (Phi) is 12.3. The molecule has 0 radical (unpaired) electrons. The maximum atomic E-state index is 12.6. The Morgan fingerprint density at radius 2 is 1.14 bits per heavy atom. The Morgan fingerprint density at radius 3 is 1.50 bits per heavy atom. The van der Waals surface area contributed by atoms with E-state index in [0.717, 1.165) is 38.5 Å². The smallest absolute Gasteiger partial charge is 0.394 e. The second kappa shape index (κ2) is 15.4. The predicted molar refractivity (Wildman–Crippen MR) is 131 cm³/mol. The lowest BCUT2D eigenvalue weighted by Gasteiger charge is -2.13. The van der Waals surface area contributed by atoms with Crippen LogP contribution in [0.25, 0.3) is 0 Å². The van der Waals surface area contributed by atoms with Crippen molar-refractivity contribution in [3.8, 4) is 11.5 Å². The van der Waals surface area contributed by atoms with Gasteiger partial charge < -0.3 is 18.9 Å². The number of nitro groups is 2. The second-order valence-electron chi connectivity index (χ2n) is 8.07. The number of nitrogens with zero attached hydrogens (tertiary/aromatic N) is 2. The summed E-state index contributed by atoms with van der Waals surface area (Å²) in [7, 11) is 0. The first-order valence-corrected chi connectivity index (χ1v) is 12.0. The first-order chi connectivity index (χ1) is 17.3. The van der Waals surface area contributed by atoms with E-state index in [-0.39, 0.29) is 36.1 Å². The molecule has 0 amide bonds. The number of nitro benzene ring substituents is 2. The Hall–Kier alpha value is -3.57. The van der Waals surface area contributed by atoms with Crippen LogP contribution in [0.3, 0.4) is 0 Å². The highest BCUT2D eigenvalue weighted by molar-refractivity contribution is 5.69. The highest BCUT2D eigenvalue weighted by Crippen LogP contribution is 2.28. The van der Waals surface area contributed by atoms with Crippen LogP contribution in [0, 0.1) is 20.2 Å². The third-order valence-corrected chi connectivity index (χ3v) is 5.20. The third-order valence-electron chi connectivity index (χ3n) is 5.20. The zero-order valence-corrected chi connectivity index (χ0v) is 20.6. The molecular formula is C25H32N2O9. The molecule has 0 saturated carbocycles. The van der Waals surface area contributed by atoms with Crippen molar-refractivity contribution >= 4 is 17.5 Å². The molecule has 11 heteroatoms. The van der Waals surface area contributed by atoms with E-state index in [1.165, 1.54) is 36.4 Å². The molecule has 0 aliphatic heterocycles. The summed E-state index contributed by atoms with van der Waals surface area (Å²) in [4.78, 5) is 33.8. The van der Waals surface area contributed by atoms with Crippen LogP contribution in [0.1, 0.15) is 63.5 Å². The third kappa shape index (κ3) is 9.59. The summed E-state index contributed by atoms with van der Waals surface area (Å²) in [5, 5.41) is 22.3. The van der Waals surface area contributed by atoms with Crippen LogP contribution >= 0.6 is 0 Å². The number of non-ortho nitro benzene ring substituents is 2. The van der Waals surface area contributed by atoms with E-state index < -0.39 is 16.0 Å². The minimum Gasteiger partial charge on any atom is -0.394 e. The van der Waals surface area contributed by atoms with Gasteiger partial charge in [0.1, 0.15) is 11.5 Å². The van der Waals surface area contributed by atoms with Gasteiger partial charge in [0.25, 0.3) is 11.4 Å². The summed E-state index contributed by atoms with van der Waals surface area (Å²) < 4.78 is 21.8. The summed E-state index contributed by atoms with van der Waals surface area (Å²) in [6.45, 7) is 5.08. The minimum absolute atomic E-state index is 0.0163. The average molecular weight is 505 g/mol. The maximum Gasteiger partial charge on any atom is 0.519 e. The van der Waals surface area contributed by atoms with Gasteiger partial charge in [-0.05, 0) is 25.0 Å². The number of unbranched alkanes of at least 4 members (excludes halogenated alkanes) is 4. The van der Waals surface area contributed by atoms with Crippen LogP contribution in [-0.2, 0) is 22.7 Å². The molecule has 0 aromatic heterocycles. The molecule has 196 valence electrons. The van der Waals surface area contributed by atoms with E-state index in [2.05, 4.69) is 13.8 Å². The van der Waals surface area contributed by atoms with Gasteiger partial charge >= 0.3 is 6.16 Å². The lowest BCUT2D eigenvalue weighted by molar-refractivity contribution is -0.385. The summed E-state index contributed by atoms with van der Waals surface area (Å²) in [6, 6.07) is 7.60. The van der Waals surface area contributed by atoms with E-state index in [9.17, 15) is 25.0 Å². The molecular weight excluding hydrogens is 472 g/mol. The van der Waals surface area contributed by atoms with Crippen molar-refractivity contribution in [3.63, 3.8) is 0 Å². The largest absolute Gasteiger partial charge is 0.519 e. The van der Waals surface area contributed by atoms with Gasteiger partial charge in [0, 0.05) is 48.6 Å². The lowest BCUT2D eigenvalue weighted by Crippen LogP contribution is -2.16. The monoisotopic (exact) mass is 504 g/mol. The Balaban J connectivity index is 2.13. The molecule has 0 fully saturated rings. The fourth-order valence-corrected chi connectivity index (χ4v) is 3.26. The van der Waals surface area contributed by atoms with Crippen molar-refractivity contribution < 1.29 is 33.6 Å². The van der Waals surface area contributed by atoms with Gasteiger partial charge in [-0.2, -0.15) is 0 Å². The fourth-order valence-electron chi connectivity index (χ4n) is 3.26. The van der Waals surface area contributed by atoms with Crippen molar-refractivity contribution in [1.82, 2.24) is 0 Å². The first-order valence-electron chi connectivity index (χ1n) is 12.0. The molecule has 0 bridgehead atoms. The number of rotatable bonds is 16. The number of hydrogen-bond donors (Lipinski definition) is 0. The molecule has 0 aliphatic rings. The van der Waals surface area contributed by atoms with Crippen LogP contribution in [-0.4, -0.2) is 29.2 Å². The molecule has 0 spiro atoms. The van der Waals surface area contributed by atoms with Crippen molar-refractivity contribution in [2.24, 2.45) is 0 Å². The van der Waals surface area contributed by atoms with Crippen molar-refractivity contribution in [3.05, 3.63) is 67.8 Å². The molecule has 0 aliphatic carbocycles. The van der Waals surface area contributed by atoms with Gasteiger partial charge in [-0.15, -0.1) is 0 Å². The quantitative estimate of drug-likeness (QED) is 0.0824. The number of benzene rings is 2. The van der Waals surface area contributed by atoms with Crippen LogP contribution in [0.4, 0.5) is 16.2 Å². The topological polar surface area (TPSA) is 140 Å². The van der Waals surface area contributed by atoms with E-state index in [4.69, 9.17) is 18.9 Å². The summed E-state index contributed by atoms with van der Waals surface area (Å²) >= 11 is 0. The van der Waals surface area contributed by atoms with Gasteiger partial charge in [-0.25, -0.2) is 4.79 Å². The van der Waals surface area contributed by atoms with E-state index in [1.54, 1.807) is 0 Å². The van der Waals surface area contributed by atoms with Crippen LogP contribution < -0.4 is 9.47 Å². The van der Waals surface area contributed by atoms with Crippen LogP contribution in [0.2, 0.25) is 0 Å². The zero-order valence-electron chi connectivity index (χ0n) is 20.6. The number of hydrogen-bond acceptors (Lipinski definition) is 9. The molecule has 0 N–H and O–H groups in total. The van der Waals surface area contributed by atoms with Crippen molar-refractivity contribution in [2.45, 2.75) is 65.6 Å². The predicted octanol–water partition coefficient (Wildman–Crippen LogP) is 6.49. The molecule has 0 saturated heterocycles. The van der Waals surface area contributed by atoms with Gasteiger partial charge in [0.05, 0.1) is 23.1 Å². The molecule has 11 nitrogen and oxygen atoms in total. The normalized spacial score (nSPS) is 10.7. The molecule has 36 heavy (non-hydrogen) atoms. The minimum atomic E-state index is -1.10. The van der Waals surface area contributed by atoms with Gasteiger partial charge in [-0.1, -0.05) is 39.5 Å². The Labute approximate surface area is 209 Å². The molecule has 2 aromatic carbocycles. The number of ether oxygens (including phenoxy) is 4. The van der Waals surface area contributed by atoms with Gasteiger partial charge in [0.15, 0.2) is 0 Å². The van der Waals surface area contributed by atoms with Gasteiger partial charge in [0.2, 0.25) is 0 Å². The summed E-state index contributed by atoms with van der Waals surface area (Å²) in [5.41, 5.74) is 0.308. The molecule has 0 heterocycles. The maximum absolute atomic E-state index is 12.6. The lowest BCUT2D eigenvalue weighted by atomic mass is 10.2. The summed E-state index contributed by atoms with van der Waals surface area (Å²) in [5.74, 6) is 0.112. The van der Waals surface area contributed by atoms with E-state index >= 15 is 0 Å². The summed E-state index contributed by atoms with van der Waals surface area (Å²) in [6.07, 6.45) is 4.61. The van der Waals surface area contributed by atoms with Crippen LogP contribution in [0.5, 0.6) is 11.5 Å².